The molecule has 0 spiro atoms. The van der Waals surface area contributed by atoms with Crippen molar-refractivity contribution in [3.63, 3.8) is 0 Å². The number of hydrogen-bond acceptors (Lipinski definition) is 0. The number of rotatable bonds is 3. The molecule has 0 aromatic heterocycles. The average Bonchev–Trinajstić information content (AvgIpc) is 3.00. The summed E-state index contributed by atoms with van der Waals surface area (Å²) in [7, 11) is 0. The molecule has 0 heterocycles. The van der Waals surface area contributed by atoms with Crippen LogP contribution < -0.4 is 0 Å². The molecule has 3 rings (SSSR count). The van der Waals surface area contributed by atoms with Gasteiger partial charge in [0, 0.05) is 0 Å². The van der Waals surface area contributed by atoms with Crippen molar-refractivity contribution in [2.24, 2.45) is 11.3 Å². The highest BCUT2D eigenvalue weighted by Crippen LogP contribution is 2.65. The summed E-state index contributed by atoms with van der Waals surface area (Å²) >= 11 is 0. The Labute approximate surface area is 115 Å². The second-order valence-electron chi connectivity index (χ2n) is 6.01. The highest BCUT2D eigenvalue weighted by Gasteiger charge is 2.56. The molecule has 0 aliphatic heterocycles. The maximum atomic E-state index is 2.38. The lowest BCUT2D eigenvalue weighted by Gasteiger charge is -2.01. The van der Waals surface area contributed by atoms with Gasteiger partial charge in [0.1, 0.15) is 0 Å². The SMILES string of the molecule is CC1(C)[C@H](/C=C/c2ccccc2)[C@@H]1c1ccccc1. The van der Waals surface area contributed by atoms with Crippen LogP contribution in [0.3, 0.4) is 0 Å². The molecule has 1 aliphatic rings. The summed E-state index contributed by atoms with van der Waals surface area (Å²) in [5, 5.41) is 0. The maximum absolute atomic E-state index is 2.38. The molecule has 0 heteroatoms. The van der Waals surface area contributed by atoms with Crippen LogP contribution in [0.15, 0.2) is 66.7 Å². The molecule has 1 fully saturated rings. The molecule has 96 valence electrons. The first kappa shape index (κ1) is 12.2. The third-order valence-electron chi connectivity index (χ3n) is 4.36. The first-order chi connectivity index (χ1) is 9.19. The fraction of sp³-hybridized carbons (Fsp3) is 0.263. The molecule has 2 aromatic rings. The van der Waals surface area contributed by atoms with Crippen molar-refractivity contribution in [2.75, 3.05) is 0 Å². The van der Waals surface area contributed by atoms with Crippen molar-refractivity contribution in [3.05, 3.63) is 77.9 Å². The normalized spacial score (nSPS) is 24.5. The summed E-state index contributed by atoms with van der Waals surface area (Å²) in [4.78, 5) is 0. The zero-order valence-corrected chi connectivity index (χ0v) is 11.6. The Morgan fingerprint density at radius 3 is 2.05 bits per heavy atom. The molecule has 0 bridgehead atoms. The summed E-state index contributed by atoms with van der Waals surface area (Å²) in [5.41, 5.74) is 3.14. The van der Waals surface area contributed by atoms with Crippen LogP contribution in [0.25, 0.3) is 6.08 Å². The first-order valence-corrected chi connectivity index (χ1v) is 6.98. The Bertz CT molecular complexity index is 564. The average molecular weight is 248 g/mol. The quantitative estimate of drug-likeness (QED) is 0.705. The van der Waals surface area contributed by atoms with Crippen molar-refractivity contribution in [1.29, 1.82) is 0 Å². The summed E-state index contributed by atoms with van der Waals surface area (Å²) in [6.45, 7) is 4.73. The van der Waals surface area contributed by atoms with Crippen LogP contribution >= 0.6 is 0 Å². The molecule has 0 nitrogen and oxygen atoms in total. The molecule has 1 aliphatic carbocycles. The van der Waals surface area contributed by atoms with E-state index in [0.717, 1.165) is 0 Å². The van der Waals surface area contributed by atoms with E-state index in [1.54, 1.807) is 0 Å². The van der Waals surface area contributed by atoms with Gasteiger partial charge >= 0.3 is 0 Å². The lowest BCUT2D eigenvalue weighted by Crippen LogP contribution is -1.89. The van der Waals surface area contributed by atoms with Gasteiger partial charge in [-0.05, 0) is 28.4 Å². The van der Waals surface area contributed by atoms with Crippen LogP contribution in [0, 0.1) is 11.3 Å². The second kappa shape index (κ2) is 4.70. The second-order valence-corrected chi connectivity index (χ2v) is 6.01. The van der Waals surface area contributed by atoms with E-state index in [1.807, 2.05) is 0 Å². The number of hydrogen-bond donors (Lipinski definition) is 0. The van der Waals surface area contributed by atoms with Crippen LogP contribution in [0.2, 0.25) is 0 Å². The Hall–Kier alpha value is -1.82. The van der Waals surface area contributed by atoms with E-state index < -0.39 is 0 Å². The zero-order valence-electron chi connectivity index (χ0n) is 11.6. The van der Waals surface area contributed by atoms with E-state index in [-0.39, 0.29) is 0 Å². The van der Waals surface area contributed by atoms with Gasteiger partial charge in [0.05, 0.1) is 0 Å². The van der Waals surface area contributed by atoms with Crippen molar-refractivity contribution in [3.8, 4) is 0 Å². The van der Waals surface area contributed by atoms with E-state index in [2.05, 4.69) is 86.7 Å². The number of benzene rings is 2. The minimum atomic E-state index is 0.382. The maximum Gasteiger partial charge on any atom is -0.00364 e. The van der Waals surface area contributed by atoms with Gasteiger partial charge in [-0.2, -0.15) is 0 Å². The van der Waals surface area contributed by atoms with Gasteiger partial charge < -0.3 is 0 Å². The van der Waals surface area contributed by atoms with Gasteiger partial charge in [0.25, 0.3) is 0 Å². The van der Waals surface area contributed by atoms with Crippen LogP contribution in [-0.4, -0.2) is 0 Å². The predicted octanol–water partition coefficient (Wildman–Crippen LogP) is 5.14. The summed E-state index contributed by atoms with van der Waals surface area (Å²) in [6, 6.07) is 21.4. The Morgan fingerprint density at radius 1 is 0.842 bits per heavy atom. The van der Waals surface area contributed by atoms with Crippen molar-refractivity contribution in [2.45, 2.75) is 19.8 Å². The molecule has 0 unspecified atom stereocenters. The van der Waals surface area contributed by atoms with Gasteiger partial charge in [-0.15, -0.1) is 0 Å². The molecule has 2 atom stereocenters. The lowest BCUT2D eigenvalue weighted by molar-refractivity contribution is 0.594. The fourth-order valence-electron chi connectivity index (χ4n) is 3.11. The molecule has 2 aromatic carbocycles. The molecule has 0 radical (unpaired) electrons. The Balaban J connectivity index is 1.78. The smallest absolute Gasteiger partial charge is 0.00364 e. The third-order valence-corrected chi connectivity index (χ3v) is 4.36. The van der Waals surface area contributed by atoms with E-state index in [4.69, 9.17) is 0 Å². The van der Waals surface area contributed by atoms with Gasteiger partial charge in [0.15, 0.2) is 0 Å². The summed E-state index contributed by atoms with van der Waals surface area (Å²) in [6.07, 6.45) is 4.64. The molecule has 0 amide bonds. The molecule has 19 heavy (non-hydrogen) atoms. The third kappa shape index (κ3) is 2.35. The molecule has 1 saturated carbocycles. The van der Waals surface area contributed by atoms with Crippen molar-refractivity contribution in [1.82, 2.24) is 0 Å². The monoisotopic (exact) mass is 248 g/mol. The van der Waals surface area contributed by atoms with E-state index in [9.17, 15) is 0 Å². The molecule has 0 saturated heterocycles. The van der Waals surface area contributed by atoms with Gasteiger partial charge in [-0.1, -0.05) is 86.7 Å². The van der Waals surface area contributed by atoms with Crippen LogP contribution in [0.4, 0.5) is 0 Å². The van der Waals surface area contributed by atoms with Crippen LogP contribution in [0.5, 0.6) is 0 Å². The summed E-state index contributed by atoms with van der Waals surface area (Å²) in [5.74, 6) is 1.31. The van der Waals surface area contributed by atoms with Gasteiger partial charge in [-0.25, -0.2) is 0 Å². The minimum absolute atomic E-state index is 0.382. The van der Waals surface area contributed by atoms with Crippen molar-refractivity contribution < 1.29 is 0 Å². The molecular weight excluding hydrogens is 228 g/mol. The fourth-order valence-corrected chi connectivity index (χ4v) is 3.11. The molecular formula is C19H20. The first-order valence-electron chi connectivity index (χ1n) is 6.98. The topological polar surface area (TPSA) is 0 Å². The predicted molar refractivity (Wildman–Crippen MR) is 81.9 cm³/mol. The Kier molecular flexibility index (Phi) is 3.02. The lowest BCUT2D eigenvalue weighted by atomic mass is 10.0. The van der Waals surface area contributed by atoms with E-state index in [1.165, 1.54) is 11.1 Å². The highest BCUT2D eigenvalue weighted by molar-refractivity contribution is 5.51. The highest BCUT2D eigenvalue weighted by atomic mass is 14.6. The largest absolute Gasteiger partial charge is 0.0796 e. The van der Waals surface area contributed by atoms with E-state index >= 15 is 0 Å². The van der Waals surface area contributed by atoms with Crippen LogP contribution in [0.1, 0.15) is 30.9 Å². The van der Waals surface area contributed by atoms with Crippen LogP contribution in [-0.2, 0) is 0 Å². The van der Waals surface area contributed by atoms with Gasteiger partial charge in [-0.3, -0.25) is 0 Å². The Morgan fingerprint density at radius 2 is 1.42 bits per heavy atom. The standard InChI is InChI=1S/C19H20/c1-19(2)17(14-13-15-9-5-3-6-10-15)18(19)16-11-7-4-8-12-16/h3-14,17-18H,1-2H3/b14-13+/t17-,18+/m1/s1. The summed E-state index contributed by atoms with van der Waals surface area (Å²) < 4.78 is 0. The van der Waals surface area contributed by atoms with E-state index in [0.29, 0.717) is 17.3 Å². The zero-order chi connectivity index (χ0) is 13.3. The number of allylic oxidation sites excluding steroid dienone is 1. The van der Waals surface area contributed by atoms with Gasteiger partial charge in [0.2, 0.25) is 0 Å². The molecule has 0 N–H and O–H groups in total. The minimum Gasteiger partial charge on any atom is -0.0796 e. The van der Waals surface area contributed by atoms with Crippen molar-refractivity contribution >= 4 is 6.08 Å².